The Bertz CT molecular complexity index is 383. The van der Waals surface area contributed by atoms with Gasteiger partial charge in [0.2, 0.25) is 0 Å². The second-order valence-electron chi connectivity index (χ2n) is 2.80. The summed E-state index contributed by atoms with van der Waals surface area (Å²) in [5, 5.41) is 0. The average Bonchev–Trinajstić information content (AvgIpc) is 2.32. The van der Waals surface area contributed by atoms with E-state index in [4.69, 9.17) is 7.99 Å². The molecule has 1 aromatic rings. The van der Waals surface area contributed by atoms with Crippen LogP contribution in [0.5, 0.6) is 5.75 Å². The first-order valence-corrected chi connectivity index (χ1v) is 4.72. The summed E-state index contributed by atoms with van der Waals surface area (Å²) in [6, 6.07) is 6.10. The molecule has 0 aliphatic heterocycles. The molecule has 0 aliphatic carbocycles. The van der Waals surface area contributed by atoms with E-state index in [0.717, 1.165) is 0 Å². The Balaban J connectivity index is 0.00000106. The number of hydrogen-bond acceptors (Lipinski definition) is 4. The molecule has 0 saturated heterocycles. The third-order valence-electron chi connectivity index (χ3n) is 1.53. The average molecular weight is 313 g/mol. The summed E-state index contributed by atoms with van der Waals surface area (Å²) in [6.45, 7) is 5.01. The molecular weight excluding hydrogens is 304 g/mol. The Labute approximate surface area is 106 Å². The van der Waals surface area contributed by atoms with Crippen LogP contribution >= 0.6 is 0 Å². The molecule has 0 radical (unpaired) electrons. The monoisotopic (exact) mass is 312 g/mol. The van der Waals surface area contributed by atoms with E-state index in [0.29, 0.717) is 16.9 Å². The fourth-order valence-electron chi connectivity index (χ4n) is 0.785. The summed E-state index contributed by atoms with van der Waals surface area (Å²) in [4.78, 5) is 21.3. The Hall–Kier alpha value is -1.36. The summed E-state index contributed by atoms with van der Waals surface area (Å²) in [5.74, 6) is -0.0927. The molecule has 4 nitrogen and oxygen atoms in total. The van der Waals surface area contributed by atoms with Gasteiger partial charge in [-0.15, -0.1) is 0 Å². The third kappa shape index (κ3) is 4.93. The first-order valence-electron chi connectivity index (χ1n) is 4.11. The Morgan fingerprint density at radius 1 is 1.31 bits per heavy atom. The second-order valence-corrected chi connectivity index (χ2v) is 2.80. The molecule has 0 aromatic heterocycles. The van der Waals surface area contributed by atoms with Crippen LogP contribution in [0, 0.1) is 0 Å². The first-order chi connectivity index (χ1) is 7.63. The normalized spacial score (nSPS) is 8.44. The summed E-state index contributed by atoms with van der Waals surface area (Å²) in [5.41, 5.74) is 0.746. The molecule has 16 heavy (non-hydrogen) atoms. The molecule has 0 amide bonds. The number of ether oxygens (including phenoxy) is 1. The van der Waals surface area contributed by atoms with E-state index in [9.17, 15) is 9.59 Å². The van der Waals surface area contributed by atoms with Gasteiger partial charge in [-0.2, -0.15) is 17.7 Å². The van der Waals surface area contributed by atoms with Gasteiger partial charge in [-0.3, -0.25) is 0 Å². The van der Waals surface area contributed by atoms with Crippen molar-refractivity contribution in [1.82, 2.24) is 0 Å². The van der Waals surface area contributed by atoms with E-state index >= 15 is 0 Å². The molecule has 0 bridgehead atoms. The van der Waals surface area contributed by atoms with Gasteiger partial charge >= 0.3 is 30.3 Å². The standard InChI is InChI=1S/C11H9O3.Ag.O/c1-8(2)11(13)14-10-5-3-9(7-12)4-6-10;;/h3-6H,1H2,2H3;;/q-1;;. The van der Waals surface area contributed by atoms with Crippen molar-refractivity contribution in [3.05, 3.63) is 42.0 Å². The number of esters is 1. The van der Waals surface area contributed by atoms with Gasteiger partial charge in [-0.1, -0.05) is 18.7 Å². The predicted molar refractivity (Wildman–Crippen MR) is 52.4 cm³/mol. The second kappa shape index (κ2) is 7.87. The van der Waals surface area contributed by atoms with Gasteiger partial charge in [0.25, 0.3) is 0 Å². The predicted octanol–water partition coefficient (Wildman–Crippen LogP) is 1.50. The quantitative estimate of drug-likeness (QED) is 0.279. The van der Waals surface area contributed by atoms with Gasteiger partial charge in [0, 0.05) is 5.57 Å². The van der Waals surface area contributed by atoms with Crippen LogP contribution in [-0.4, -0.2) is 12.3 Å². The van der Waals surface area contributed by atoms with Gasteiger partial charge in [0.05, 0.1) is 6.29 Å². The SMILES string of the molecule is C=C(C)C(=O)Oc1ccc([C-]=O)cc1.[O]=[Ag]. The van der Waals surface area contributed by atoms with Crippen molar-refractivity contribution in [2.24, 2.45) is 0 Å². The van der Waals surface area contributed by atoms with Gasteiger partial charge in [-0.05, 0) is 6.92 Å². The number of hydrogen-bond donors (Lipinski definition) is 0. The van der Waals surface area contributed by atoms with Crippen LogP contribution in [0.15, 0.2) is 36.4 Å². The van der Waals surface area contributed by atoms with Crippen molar-refractivity contribution in [2.75, 3.05) is 0 Å². The van der Waals surface area contributed by atoms with Crippen molar-refractivity contribution in [2.45, 2.75) is 6.92 Å². The molecule has 1 rings (SSSR count). The third-order valence-corrected chi connectivity index (χ3v) is 1.53. The van der Waals surface area contributed by atoms with E-state index in [1.54, 1.807) is 34.3 Å². The summed E-state index contributed by atoms with van der Waals surface area (Å²) < 4.78 is 13.0. The van der Waals surface area contributed by atoms with Gasteiger partial charge in [-0.25, -0.2) is 4.79 Å². The Morgan fingerprint density at radius 2 is 1.81 bits per heavy atom. The van der Waals surface area contributed by atoms with E-state index in [1.165, 1.54) is 24.3 Å². The minimum atomic E-state index is -0.479. The van der Waals surface area contributed by atoms with Crippen LogP contribution in [-0.2, 0) is 33.9 Å². The van der Waals surface area contributed by atoms with E-state index in [2.05, 4.69) is 6.58 Å². The molecule has 0 saturated carbocycles. The summed E-state index contributed by atoms with van der Waals surface area (Å²) >= 11 is 1.70. The molecule has 0 atom stereocenters. The molecule has 1 aromatic carbocycles. The van der Waals surface area contributed by atoms with Crippen molar-refractivity contribution in [3.8, 4) is 5.75 Å². The van der Waals surface area contributed by atoms with E-state index < -0.39 is 5.97 Å². The molecule has 0 N–H and O–H groups in total. The van der Waals surface area contributed by atoms with Gasteiger partial charge in [0.15, 0.2) is 0 Å². The van der Waals surface area contributed by atoms with Gasteiger partial charge in [0.1, 0.15) is 5.75 Å². The zero-order chi connectivity index (χ0) is 12.6. The van der Waals surface area contributed by atoms with Crippen LogP contribution in [0.2, 0.25) is 0 Å². The molecule has 5 heteroatoms. The Morgan fingerprint density at radius 3 is 2.19 bits per heavy atom. The number of benzene rings is 1. The van der Waals surface area contributed by atoms with Crippen molar-refractivity contribution >= 4 is 12.3 Å². The fourth-order valence-corrected chi connectivity index (χ4v) is 0.785. The molecule has 0 spiro atoms. The molecule has 89 valence electrons. The van der Waals surface area contributed by atoms with Crippen LogP contribution in [0.3, 0.4) is 0 Å². The molecule has 0 aliphatic rings. The maximum atomic E-state index is 11.1. The molecule has 0 fully saturated rings. The topological polar surface area (TPSA) is 60.4 Å². The molecule has 0 unspecified atom stereocenters. The molecule has 0 heterocycles. The minimum absolute atomic E-state index is 0.330. The zero-order valence-electron chi connectivity index (χ0n) is 8.45. The Kier molecular flexibility index (Phi) is 7.20. The van der Waals surface area contributed by atoms with Crippen molar-refractivity contribution in [1.29, 1.82) is 0 Å². The number of carbonyl (C=O) groups excluding carboxylic acids is 2. The van der Waals surface area contributed by atoms with Crippen LogP contribution in [0.4, 0.5) is 0 Å². The zero-order valence-corrected chi connectivity index (χ0v) is 9.93. The van der Waals surface area contributed by atoms with Crippen LogP contribution < -0.4 is 4.74 Å². The number of carbonyl (C=O) groups is 1. The summed E-state index contributed by atoms with van der Waals surface area (Å²) in [6.07, 6.45) is 1.72. The van der Waals surface area contributed by atoms with E-state index in [1.807, 2.05) is 0 Å². The maximum absolute atomic E-state index is 11.1. The van der Waals surface area contributed by atoms with Crippen molar-refractivity contribution in [3.63, 3.8) is 0 Å². The summed E-state index contributed by atoms with van der Waals surface area (Å²) in [7, 11) is 0. The van der Waals surface area contributed by atoms with Crippen LogP contribution in [0.25, 0.3) is 0 Å². The number of rotatable bonds is 3. The van der Waals surface area contributed by atoms with Gasteiger partial charge < -0.3 is 9.53 Å². The van der Waals surface area contributed by atoms with E-state index in [-0.39, 0.29) is 0 Å². The fraction of sp³-hybridized carbons (Fsp3) is 0.0909. The molecular formula is C11H9AgO4-. The van der Waals surface area contributed by atoms with Crippen molar-refractivity contribution < 1.29 is 38.6 Å². The first kappa shape index (κ1) is 14.6. The van der Waals surface area contributed by atoms with Crippen LogP contribution in [0.1, 0.15) is 12.5 Å².